The van der Waals surface area contributed by atoms with Crippen LogP contribution < -0.4 is 5.32 Å². The Morgan fingerprint density at radius 1 is 1.23 bits per heavy atom. The first-order valence-corrected chi connectivity index (χ1v) is 10.9. The van der Waals surface area contributed by atoms with Crippen LogP contribution in [0.3, 0.4) is 0 Å². The number of nitrogens with zero attached hydrogens (tertiary/aromatic N) is 5. The van der Waals surface area contributed by atoms with Crippen molar-refractivity contribution in [2.24, 2.45) is 0 Å². The largest absolute Gasteiger partial charge is 0.334 e. The molecule has 4 rings (SSSR count). The molecule has 0 aliphatic carbocycles. The minimum Gasteiger partial charge on any atom is -0.334 e. The Bertz CT molecular complexity index is 1090. The van der Waals surface area contributed by atoms with Gasteiger partial charge >= 0.3 is 0 Å². The van der Waals surface area contributed by atoms with Gasteiger partial charge in [0.05, 0.1) is 15.2 Å². The van der Waals surface area contributed by atoms with E-state index in [0.29, 0.717) is 25.3 Å². The van der Waals surface area contributed by atoms with E-state index in [4.69, 9.17) is 0 Å². The van der Waals surface area contributed by atoms with E-state index in [2.05, 4.69) is 15.4 Å². The molecule has 0 saturated carbocycles. The van der Waals surface area contributed by atoms with Crippen LogP contribution in [-0.2, 0) is 4.79 Å². The lowest BCUT2D eigenvalue weighted by atomic mass is 10.1. The minimum absolute atomic E-state index is 0.122. The average Bonchev–Trinajstić information content (AvgIpc) is 3.33. The van der Waals surface area contributed by atoms with E-state index in [1.165, 1.54) is 0 Å². The molecule has 1 saturated heterocycles. The van der Waals surface area contributed by atoms with Gasteiger partial charge in [-0.2, -0.15) is 5.10 Å². The molecule has 0 spiro atoms. The molecule has 8 nitrogen and oxygen atoms in total. The lowest BCUT2D eigenvalue weighted by molar-refractivity contribution is -0.122. The molecule has 1 aromatic carbocycles. The number of likely N-dealkylation sites (N-methyl/N-ethyl adjacent to an activating group) is 1. The van der Waals surface area contributed by atoms with Gasteiger partial charge in [0.25, 0.3) is 5.91 Å². The highest BCUT2D eigenvalue weighted by molar-refractivity contribution is 7.18. The van der Waals surface area contributed by atoms with Gasteiger partial charge in [-0.25, -0.2) is 4.98 Å². The highest BCUT2D eigenvalue weighted by atomic mass is 32.1. The molecule has 0 bridgehead atoms. The van der Waals surface area contributed by atoms with Crippen molar-refractivity contribution in [1.82, 2.24) is 24.6 Å². The third-order valence-corrected chi connectivity index (χ3v) is 6.29. The van der Waals surface area contributed by atoms with Crippen molar-refractivity contribution in [2.75, 3.05) is 32.0 Å². The fourth-order valence-electron chi connectivity index (χ4n) is 3.59. The molecule has 158 valence electrons. The number of aryl methyl sites for hydroxylation is 1. The number of thiazole rings is 1. The molecule has 1 fully saturated rings. The van der Waals surface area contributed by atoms with Gasteiger partial charge in [-0.3, -0.25) is 19.2 Å². The van der Waals surface area contributed by atoms with E-state index in [-0.39, 0.29) is 17.9 Å². The maximum atomic E-state index is 13.0. The molecular formula is C21H26N6O2S. The number of piperazine rings is 1. The number of fused-ring (bicyclic) bond motifs is 1. The molecule has 1 aliphatic rings. The second-order valence-corrected chi connectivity index (χ2v) is 9.16. The van der Waals surface area contributed by atoms with E-state index < -0.39 is 6.04 Å². The number of carbonyl (C=O) groups is 2. The summed E-state index contributed by atoms with van der Waals surface area (Å²) in [4.78, 5) is 34.1. The van der Waals surface area contributed by atoms with Gasteiger partial charge in [0, 0.05) is 37.6 Å². The molecule has 9 heteroatoms. The summed E-state index contributed by atoms with van der Waals surface area (Å²) in [6, 6.07) is 7.24. The Morgan fingerprint density at radius 3 is 2.77 bits per heavy atom. The first kappa shape index (κ1) is 20.5. The summed E-state index contributed by atoms with van der Waals surface area (Å²) in [5.74, 6) is -0.259. The van der Waals surface area contributed by atoms with Gasteiger partial charge < -0.3 is 10.2 Å². The molecule has 3 aromatic rings. The SMILES string of the molecule is Cc1nc2ccc(NC(=O)C3CN(C(=O)c4ccn(C(C)C)n4)CCN3C)cc2s1. The van der Waals surface area contributed by atoms with Crippen LogP contribution in [0.25, 0.3) is 10.2 Å². The van der Waals surface area contributed by atoms with Crippen molar-refractivity contribution in [3.8, 4) is 0 Å². The fraction of sp³-hybridized carbons (Fsp3) is 0.429. The third-order valence-electron chi connectivity index (χ3n) is 5.36. The maximum absolute atomic E-state index is 13.0. The van der Waals surface area contributed by atoms with Gasteiger partial charge in [0.15, 0.2) is 0 Å². The summed E-state index contributed by atoms with van der Waals surface area (Å²) >= 11 is 1.60. The fourth-order valence-corrected chi connectivity index (χ4v) is 4.45. The Labute approximate surface area is 179 Å². The van der Waals surface area contributed by atoms with Gasteiger partial charge in [-0.05, 0) is 52.1 Å². The van der Waals surface area contributed by atoms with E-state index in [1.54, 1.807) is 27.0 Å². The summed E-state index contributed by atoms with van der Waals surface area (Å²) in [5, 5.41) is 8.38. The summed E-state index contributed by atoms with van der Waals surface area (Å²) in [7, 11) is 1.91. The van der Waals surface area contributed by atoms with Crippen molar-refractivity contribution < 1.29 is 9.59 Å². The maximum Gasteiger partial charge on any atom is 0.274 e. The molecule has 1 aliphatic heterocycles. The van der Waals surface area contributed by atoms with E-state index in [9.17, 15) is 9.59 Å². The van der Waals surface area contributed by atoms with Crippen molar-refractivity contribution in [3.63, 3.8) is 0 Å². The van der Waals surface area contributed by atoms with E-state index in [1.807, 2.05) is 57.1 Å². The first-order valence-electron chi connectivity index (χ1n) is 10.0. The topological polar surface area (TPSA) is 83.4 Å². The molecule has 1 unspecified atom stereocenters. The standard InChI is InChI=1S/C21H26N6O2S/c1-13(2)27-8-7-17(24-27)21(29)26-10-9-25(4)18(12-26)20(28)23-15-5-6-16-19(11-15)30-14(3)22-16/h5-8,11,13,18H,9-10,12H2,1-4H3,(H,23,28). The highest BCUT2D eigenvalue weighted by Gasteiger charge is 2.33. The molecular weight excluding hydrogens is 400 g/mol. The van der Waals surface area contributed by atoms with Crippen LogP contribution >= 0.6 is 11.3 Å². The quantitative estimate of drug-likeness (QED) is 0.694. The smallest absolute Gasteiger partial charge is 0.274 e. The Balaban J connectivity index is 1.46. The van der Waals surface area contributed by atoms with Crippen LogP contribution in [0.5, 0.6) is 0 Å². The number of rotatable bonds is 4. The van der Waals surface area contributed by atoms with Crippen molar-refractivity contribution in [1.29, 1.82) is 0 Å². The van der Waals surface area contributed by atoms with Crippen LogP contribution in [0.15, 0.2) is 30.5 Å². The zero-order valence-corrected chi connectivity index (χ0v) is 18.4. The Morgan fingerprint density at radius 2 is 2.03 bits per heavy atom. The van der Waals surface area contributed by atoms with Gasteiger partial charge in [0.2, 0.25) is 5.91 Å². The van der Waals surface area contributed by atoms with Crippen LogP contribution in [0.1, 0.15) is 35.4 Å². The lowest BCUT2D eigenvalue weighted by Crippen LogP contribution is -2.57. The van der Waals surface area contributed by atoms with Gasteiger partial charge in [0.1, 0.15) is 11.7 Å². The zero-order chi connectivity index (χ0) is 21.4. The number of nitrogens with one attached hydrogen (secondary N) is 1. The molecule has 30 heavy (non-hydrogen) atoms. The minimum atomic E-state index is -0.422. The number of carbonyl (C=O) groups excluding carboxylic acids is 2. The van der Waals surface area contributed by atoms with E-state index >= 15 is 0 Å². The van der Waals surface area contributed by atoms with Crippen molar-refractivity contribution >= 4 is 39.1 Å². The molecule has 3 heterocycles. The molecule has 1 N–H and O–H groups in total. The lowest BCUT2D eigenvalue weighted by Gasteiger charge is -2.38. The number of hydrogen-bond acceptors (Lipinski definition) is 6. The monoisotopic (exact) mass is 426 g/mol. The normalized spacial score (nSPS) is 17.6. The highest BCUT2D eigenvalue weighted by Crippen LogP contribution is 2.25. The van der Waals surface area contributed by atoms with Gasteiger partial charge in [-0.1, -0.05) is 0 Å². The molecule has 2 aromatic heterocycles. The van der Waals surface area contributed by atoms with Crippen molar-refractivity contribution in [2.45, 2.75) is 32.9 Å². The summed E-state index contributed by atoms with van der Waals surface area (Å²) in [5.41, 5.74) is 2.09. The predicted octanol–water partition coefficient (Wildman–Crippen LogP) is 2.78. The van der Waals surface area contributed by atoms with E-state index in [0.717, 1.165) is 20.9 Å². The third kappa shape index (κ3) is 4.08. The number of aromatic nitrogens is 3. The van der Waals surface area contributed by atoms with Crippen LogP contribution in [-0.4, -0.2) is 69.1 Å². The number of hydrogen-bond donors (Lipinski definition) is 1. The summed E-state index contributed by atoms with van der Waals surface area (Å²) in [6.07, 6.45) is 1.81. The Kier molecular flexibility index (Phi) is 5.57. The van der Waals surface area contributed by atoms with Crippen LogP contribution in [0, 0.1) is 6.92 Å². The molecule has 1 atom stereocenters. The molecule has 2 amide bonds. The summed E-state index contributed by atoms with van der Waals surface area (Å²) < 4.78 is 2.81. The van der Waals surface area contributed by atoms with Crippen LogP contribution in [0.2, 0.25) is 0 Å². The summed E-state index contributed by atoms with van der Waals surface area (Å²) in [6.45, 7) is 7.53. The first-order chi connectivity index (χ1) is 14.3. The zero-order valence-electron chi connectivity index (χ0n) is 17.6. The Hall–Kier alpha value is -2.78. The molecule has 0 radical (unpaired) electrons. The number of amides is 2. The number of benzene rings is 1. The number of anilines is 1. The predicted molar refractivity (Wildman–Crippen MR) is 118 cm³/mol. The van der Waals surface area contributed by atoms with Crippen molar-refractivity contribution in [3.05, 3.63) is 41.2 Å². The second kappa shape index (κ2) is 8.16. The average molecular weight is 427 g/mol. The van der Waals surface area contributed by atoms with Gasteiger partial charge in [-0.15, -0.1) is 11.3 Å². The van der Waals surface area contributed by atoms with Crippen LogP contribution in [0.4, 0.5) is 5.69 Å². The second-order valence-electron chi connectivity index (χ2n) is 7.93.